The van der Waals surface area contributed by atoms with Crippen LogP contribution in [-0.4, -0.2) is 23.3 Å². The highest BCUT2D eigenvalue weighted by atomic mass is 16.5. The lowest BCUT2D eigenvalue weighted by molar-refractivity contribution is -0.136. The molecule has 25 heavy (non-hydrogen) atoms. The van der Waals surface area contributed by atoms with Crippen molar-refractivity contribution >= 4 is 28.2 Å². The molecule has 0 aliphatic rings. The van der Waals surface area contributed by atoms with Crippen LogP contribution in [0.5, 0.6) is 0 Å². The van der Waals surface area contributed by atoms with Crippen molar-refractivity contribution in [3.05, 3.63) is 77.5 Å². The van der Waals surface area contributed by atoms with Crippen molar-refractivity contribution in [1.82, 2.24) is 4.98 Å². The summed E-state index contributed by atoms with van der Waals surface area (Å²) in [6.45, 7) is 3.88. The number of carbonyl (C=O) groups is 2. The lowest BCUT2D eigenvalue weighted by Crippen LogP contribution is -2.10. The van der Waals surface area contributed by atoms with Gasteiger partial charge in [0.2, 0.25) is 0 Å². The number of aryl methyl sites for hydroxylation is 1. The quantitative estimate of drug-likeness (QED) is 0.430. The van der Waals surface area contributed by atoms with Crippen molar-refractivity contribution < 1.29 is 14.3 Å². The summed E-state index contributed by atoms with van der Waals surface area (Å²) in [5, 5.41) is 0.889. The first-order chi connectivity index (χ1) is 12.1. The van der Waals surface area contributed by atoms with Crippen molar-refractivity contribution in [1.29, 1.82) is 0 Å². The molecule has 3 aromatic rings. The van der Waals surface area contributed by atoms with E-state index in [2.05, 4.69) is 4.98 Å². The molecule has 4 heteroatoms. The molecule has 1 heterocycles. The lowest BCUT2D eigenvalue weighted by atomic mass is 9.99. The minimum Gasteiger partial charge on any atom is -0.462 e. The van der Waals surface area contributed by atoms with Gasteiger partial charge in [-0.1, -0.05) is 48.5 Å². The normalized spacial score (nSPS) is 11.5. The number of allylic oxidation sites excluding steroid dienone is 1. The van der Waals surface area contributed by atoms with Gasteiger partial charge in [0.15, 0.2) is 5.78 Å². The Kier molecular flexibility index (Phi) is 4.80. The molecule has 126 valence electrons. The zero-order valence-electron chi connectivity index (χ0n) is 14.2. The molecule has 0 aliphatic heterocycles. The number of aromatic amines is 1. The van der Waals surface area contributed by atoms with Crippen LogP contribution in [0.1, 0.15) is 28.5 Å². The Morgan fingerprint density at radius 3 is 2.44 bits per heavy atom. The Bertz CT molecular complexity index is 952. The summed E-state index contributed by atoms with van der Waals surface area (Å²) in [5.74, 6) is -0.729. The van der Waals surface area contributed by atoms with Crippen LogP contribution in [0.25, 0.3) is 16.5 Å². The Morgan fingerprint density at radius 2 is 1.72 bits per heavy atom. The summed E-state index contributed by atoms with van der Waals surface area (Å²) in [4.78, 5) is 28.4. The number of benzene rings is 2. The number of hydrogen-bond acceptors (Lipinski definition) is 3. The summed E-state index contributed by atoms with van der Waals surface area (Å²) < 4.78 is 5.20. The summed E-state index contributed by atoms with van der Waals surface area (Å²) in [5.41, 5.74) is 3.24. The molecule has 4 nitrogen and oxygen atoms in total. The average Bonchev–Trinajstić information content (AvgIpc) is 2.96. The van der Waals surface area contributed by atoms with Gasteiger partial charge in [0, 0.05) is 33.8 Å². The number of esters is 1. The Morgan fingerprint density at radius 1 is 1.04 bits per heavy atom. The van der Waals surface area contributed by atoms with Crippen molar-refractivity contribution in [3.63, 3.8) is 0 Å². The highest BCUT2D eigenvalue weighted by Gasteiger charge is 2.21. The standard InChI is InChI=1S/C21H19NO3/c1-3-25-21(24)17(13-19(23)15-9-5-4-6-10-15)20-14(2)22-18-12-8-7-11-16(18)20/h4-13,22H,3H2,1-2H3/b17-13+. The van der Waals surface area contributed by atoms with E-state index in [-0.39, 0.29) is 18.0 Å². The monoisotopic (exact) mass is 333 g/mol. The predicted molar refractivity (Wildman–Crippen MR) is 98.4 cm³/mol. The van der Waals surface area contributed by atoms with Crippen LogP contribution < -0.4 is 0 Å². The van der Waals surface area contributed by atoms with Gasteiger partial charge in [0.1, 0.15) is 0 Å². The minimum atomic E-state index is -0.500. The first kappa shape index (κ1) is 16.7. The Hall–Kier alpha value is -3.14. The fraction of sp³-hybridized carbons (Fsp3) is 0.143. The maximum Gasteiger partial charge on any atom is 0.338 e. The average molecular weight is 333 g/mol. The zero-order chi connectivity index (χ0) is 17.8. The second-order valence-corrected chi connectivity index (χ2v) is 5.68. The highest BCUT2D eigenvalue weighted by molar-refractivity contribution is 6.26. The number of ketones is 1. The first-order valence-corrected chi connectivity index (χ1v) is 8.17. The highest BCUT2D eigenvalue weighted by Crippen LogP contribution is 2.29. The largest absolute Gasteiger partial charge is 0.462 e. The van der Waals surface area contributed by atoms with Crippen LogP contribution in [0, 0.1) is 6.92 Å². The van der Waals surface area contributed by atoms with Crippen LogP contribution >= 0.6 is 0 Å². The molecule has 0 fully saturated rings. The molecule has 0 unspecified atom stereocenters. The van der Waals surface area contributed by atoms with Crippen molar-refractivity contribution in [2.45, 2.75) is 13.8 Å². The van der Waals surface area contributed by atoms with Gasteiger partial charge in [0.25, 0.3) is 0 Å². The molecule has 0 bridgehead atoms. The van der Waals surface area contributed by atoms with E-state index in [4.69, 9.17) is 4.74 Å². The van der Waals surface area contributed by atoms with Crippen molar-refractivity contribution in [3.8, 4) is 0 Å². The van der Waals surface area contributed by atoms with Crippen molar-refractivity contribution in [2.75, 3.05) is 6.61 Å². The second kappa shape index (κ2) is 7.18. The Labute approximate surface area is 146 Å². The molecule has 0 amide bonds. The van der Waals surface area contributed by atoms with Gasteiger partial charge in [0.05, 0.1) is 12.2 Å². The van der Waals surface area contributed by atoms with Gasteiger partial charge in [-0.25, -0.2) is 4.79 Å². The van der Waals surface area contributed by atoms with Gasteiger partial charge in [-0.3, -0.25) is 4.79 Å². The number of aromatic nitrogens is 1. The summed E-state index contributed by atoms with van der Waals surface area (Å²) in [6, 6.07) is 16.6. The van der Waals surface area contributed by atoms with Gasteiger partial charge < -0.3 is 9.72 Å². The van der Waals surface area contributed by atoms with E-state index in [1.54, 1.807) is 31.2 Å². The first-order valence-electron chi connectivity index (χ1n) is 8.17. The van der Waals surface area contributed by atoms with E-state index in [1.165, 1.54) is 6.08 Å². The molecule has 0 aliphatic carbocycles. The van der Waals surface area contributed by atoms with Crippen LogP contribution in [0.4, 0.5) is 0 Å². The van der Waals surface area contributed by atoms with Crippen LogP contribution in [-0.2, 0) is 9.53 Å². The van der Waals surface area contributed by atoms with Gasteiger partial charge in [-0.2, -0.15) is 0 Å². The number of nitrogens with one attached hydrogen (secondary N) is 1. The third kappa shape index (κ3) is 3.38. The molecule has 0 atom stereocenters. The molecular weight excluding hydrogens is 314 g/mol. The molecule has 3 rings (SSSR count). The molecule has 2 aromatic carbocycles. The zero-order valence-corrected chi connectivity index (χ0v) is 14.2. The van der Waals surface area contributed by atoms with E-state index in [0.717, 1.165) is 16.6 Å². The number of fused-ring (bicyclic) bond motifs is 1. The molecule has 0 radical (unpaired) electrons. The van der Waals surface area contributed by atoms with Crippen LogP contribution in [0.3, 0.4) is 0 Å². The molecule has 1 aromatic heterocycles. The number of ether oxygens (including phenoxy) is 1. The third-order valence-electron chi connectivity index (χ3n) is 3.99. The minimum absolute atomic E-state index is 0.228. The Balaban J connectivity index is 2.15. The SMILES string of the molecule is CCOC(=O)/C(=C/C(=O)c1ccccc1)c1c(C)[nH]c2ccccc12. The van der Waals surface area contributed by atoms with E-state index >= 15 is 0 Å². The van der Waals surface area contributed by atoms with E-state index in [0.29, 0.717) is 11.1 Å². The lowest BCUT2D eigenvalue weighted by Gasteiger charge is -2.08. The predicted octanol–water partition coefficient (Wildman–Crippen LogP) is 4.31. The topological polar surface area (TPSA) is 59.2 Å². The van der Waals surface area contributed by atoms with Crippen molar-refractivity contribution in [2.24, 2.45) is 0 Å². The molecule has 0 spiro atoms. The molecular formula is C21H19NO3. The smallest absolute Gasteiger partial charge is 0.338 e. The second-order valence-electron chi connectivity index (χ2n) is 5.68. The fourth-order valence-corrected chi connectivity index (χ4v) is 2.88. The van der Waals surface area contributed by atoms with Gasteiger partial charge in [-0.15, -0.1) is 0 Å². The molecule has 1 N–H and O–H groups in total. The summed E-state index contributed by atoms with van der Waals surface area (Å²) >= 11 is 0. The summed E-state index contributed by atoms with van der Waals surface area (Å²) in [6.07, 6.45) is 1.37. The van der Waals surface area contributed by atoms with Crippen LogP contribution in [0.15, 0.2) is 60.7 Å². The van der Waals surface area contributed by atoms with E-state index in [1.807, 2.05) is 37.3 Å². The number of rotatable bonds is 5. The molecule has 0 saturated heterocycles. The van der Waals surface area contributed by atoms with Gasteiger partial charge >= 0.3 is 5.97 Å². The maximum absolute atomic E-state index is 12.6. The van der Waals surface area contributed by atoms with E-state index < -0.39 is 5.97 Å². The van der Waals surface area contributed by atoms with Crippen LogP contribution in [0.2, 0.25) is 0 Å². The maximum atomic E-state index is 12.6. The van der Waals surface area contributed by atoms with Gasteiger partial charge in [-0.05, 0) is 19.9 Å². The number of hydrogen-bond donors (Lipinski definition) is 1. The summed E-state index contributed by atoms with van der Waals surface area (Å²) in [7, 11) is 0. The number of H-pyrrole nitrogens is 1. The fourth-order valence-electron chi connectivity index (χ4n) is 2.88. The van der Waals surface area contributed by atoms with E-state index in [9.17, 15) is 9.59 Å². The molecule has 0 saturated carbocycles. The number of para-hydroxylation sites is 1. The number of carbonyl (C=O) groups excluding carboxylic acids is 2. The third-order valence-corrected chi connectivity index (χ3v) is 3.99.